The van der Waals surface area contributed by atoms with Gasteiger partial charge in [-0.3, -0.25) is 4.57 Å². The van der Waals surface area contributed by atoms with Crippen molar-refractivity contribution in [3.05, 3.63) is 30.3 Å². The van der Waals surface area contributed by atoms with Crippen LogP contribution in [0.4, 0.5) is 5.95 Å². The second kappa shape index (κ2) is 2.84. The molecule has 0 bridgehead atoms. The van der Waals surface area contributed by atoms with Gasteiger partial charge in [-0.1, -0.05) is 12.1 Å². The number of aromatic nitrogens is 2. The molecule has 1 unspecified atom stereocenters. The first-order chi connectivity index (χ1) is 7.25. The van der Waals surface area contributed by atoms with Crippen molar-refractivity contribution in [3.63, 3.8) is 0 Å². The molecule has 0 spiro atoms. The molecule has 2 heterocycles. The zero-order chi connectivity index (χ0) is 10.4. The summed E-state index contributed by atoms with van der Waals surface area (Å²) in [6, 6.07) is 7.91. The number of fused-ring (bicyclic) bond motifs is 3. The van der Waals surface area contributed by atoms with Gasteiger partial charge in [-0.05, 0) is 25.1 Å². The molecule has 15 heavy (non-hydrogen) atoms. The Morgan fingerprint density at radius 1 is 1.40 bits per heavy atom. The van der Waals surface area contributed by atoms with E-state index in [1.165, 1.54) is 0 Å². The Balaban J connectivity index is 2.35. The Morgan fingerprint density at radius 2 is 2.20 bits per heavy atom. The van der Waals surface area contributed by atoms with Crippen molar-refractivity contribution in [2.24, 2.45) is 0 Å². The fraction of sp³-hybridized carbons (Fsp3) is 0.182. The van der Waals surface area contributed by atoms with E-state index >= 15 is 0 Å². The van der Waals surface area contributed by atoms with Gasteiger partial charge in [0.1, 0.15) is 6.23 Å². The highest BCUT2D eigenvalue weighted by atomic mass is 16.3. The van der Waals surface area contributed by atoms with Crippen LogP contribution in [-0.2, 0) is 0 Å². The molecule has 2 N–H and O–H groups in total. The predicted molar refractivity (Wildman–Crippen MR) is 59.3 cm³/mol. The van der Waals surface area contributed by atoms with Gasteiger partial charge in [-0.25, -0.2) is 4.98 Å². The number of para-hydroxylation sites is 2. The van der Waals surface area contributed by atoms with Crippen LogP contribution < -0.4 is 5.32 Å². The van der Waals surface area contributed by atoms with Crippen molar-refractivity contribution >= 4 is 22.7 Å². The van der Waals surface area contributed by atoms with Crippen molar-refractivity contribution in [3.8, 4) is 0 Å². The number of anilines is 1. The van der Waals surface area contributed by atoms with Gasteiger partial charge in [0.15, 0.2) is 0 Å². The standard InChI is InChI=1S/C11H11N3O/c1-7-6-10(15)13-11-12-8-4-2-3-5-9(8)14(7)11/h2-6,10,15H,1H3,(H,12,13). The normalized spacial score (nSPS) is 19.6. The third kappa shape index (κ3) is 1.15. The summed E-state index contributed by atoms with van der Waals surface area (Å²) >= 11 is 0. The predicted octanol–water partition coefficient (Wildman–Crippen LogP) is 1.64. The summed E-state index contributed by atoms with van der Waals surface area (Å²) in [4.78, 5) is 4.41. The molecule has 0 saturated carbocycles. The van der Waals surface area contributed by atoms with Gasteiger partial charge in [0.05, 0.1) is 11.0 Å². The van der Waals surface area contributed by atoms with Crippen molar-refractivity contribution < 1.29 is 5.11 Å². The maximum Gasteiger partial charge on any atom is 0.210 e. The Hall–Kier alpha value is -1.81. The van der Waals surface area contributed by atoms with Gasteiger partial charge in [0.25, 0.3) is 0 Å². The van der Waals surface area contributed by atoms with Crippen molar-refractivity contribution in [2.75, 3.05) is 5.32 Å². The number of imidazole rings is 1. The smallest absolute Gasteiger partial charge is 0.210 e. The maximum absolute atomic E-state index is 9.51. The molecule has 2 aromatic rings. The van der Waals surface area contributed by atoms with Gasteiger partial charge in [0, 0.05) is 5.70 Å². The lowest BCUT2D eigenvalue weighted by molar-refractivity contribution is 0.249. The van der Waals surface area contributed by atoms with Crippen molar-refractivity contribution in [1.82, 2.24) is 9.55 Å². The van der Waals surface area contributed by atoms with E-state index in [0.717, 1.165) is 16.7 Å². The van der Waals surface area contributed by atoms with Crippen LogP contribution in [0.15, 0.2) is 30.3 Å². The largest absolute Gasteiger partial charge is 0.370 e. The van der Waals surface area contributed by atoms with Gasteiger partial charge in [-0.2, -0.15) is 0 Å². The first-order valence-corrected chi connectivity index (χ1v) is 4.86. The minimum absolute atomic E-state index is 0.644. The van der Waals surface area contributed by atoms with E-state index in [9.17, 15) is 5.11 Å². The van der Waals surface area contributed by atoms with Gasteiger partial charge in [-0.15, -0.1) is 0 Å². The molecule has 76 valence electrons. The number of rotatable bonds is 0. The van der Waals surface area contributed by atoms with E-state index in [4.69, 9.17) is 0 Å². The Labute approximate surface area is 86.9 Å². The van der Waals surface area contributed by atoms with Crippen LogP contribution in [0.3, 0.4) is 0 Å². The lowest BCUT2D eigenvalue weighted by atomic mass is 10.3. The highest BCUT2D eigenvalue weighted by Gasteiger charge is 2.17. The molecular weight excluding hydrogens is 190 g/mol. The molecule has 1 aromatic carbocycles. The maximum atomic E-state index is 9.51. The number of aliphatic hydroxyl groups is 1. The van der Waals surface area contributed by atoms with Gasteiger partial charge in [0.2, 0.25) is 5.95 Å². The number of benzene rings is 1. The third-order valence-electron chi connectivity index (χ3n) is 2.59. The minimum Gasteiger partial charge on any atom is -0.370 e. The van der Waals surface area contributed by atoms with E-state index in [1.807, 2.05) is 35.8 Å². The highest BCUT2D eigenvalue weighted by Crippen LogP contribution is 2.27. The molecular formula is C11H11N3O. The van der Waals surface area contributed by atoms with Crippen LogP contribution in [0.5, 0.6) is 0 Å². The van der Waals surface area contributed by atoms with Gasteiger partial charge < -0.3 is 10.4 Å². The quantitative estimate of drug-likeness (QED) is 0.681. The second-order valence-electron chi connectivity index (χ2n) is 3.66. The van der Waals surface area contributed by atoms with Crippen LogP contribution in [-0.4, -0.2) is 20.9 Å². The molecule has 0 amide bonds. The molecule has 0 saturated heterocycles. The molecule has 0 aliphatic carbocycles. The van der Waals surface area contributed by atoms with Crippen LogP contribution in [0, 0.1) is 0 Å². The number of hydrogen-bond donors (Lipinski definition) is 2. The number of aliphatic hydroxyl groups excluding tert-OH is 1. The minimum atomic E-state index is -0.644. The molecule has 0 radical (unpaired) electrons. The lowest BCUT2D eigenvalue weighted by Crippen LogP contribution is -2.23. The SMILES string of the molecule is CC1=CC(O)Nc2nc3ccccc3n21. The Morgan fingerprint density at radius 3 is 3.07 bits per heavy atom. The zero-order valence-electron chi connectivity index (χ0n) is 8.31. The second-order valence-corrected chi connectivity index (χ2v) is 3.66. The summed E-state index contributed by atoms with van der Waals surface area (Å²) in [6.07, 6.45) is 1.12. The van der Waals surface area contributed by atoms with E-state index in [1.54, 1.807) is 6.08 Å². The summed E-state index contributed by atoms with van der Waals surface area (Å²) in [7, 11) is 0. The fourth-order valence-corrected chi connectivity index (χ4v) is 1.96. The van der Waals surface area contributed by atoms with E-state index in [0.29, 0.717) is 5.95 Å². The Bertz CT molecular complexity index is 556. The molecule has 1 aliphatic heterocycles. The molecule has 0 fully saturated rings. The van der Waals surface area contributed by atoms with E-state index < -0.39 is 6.23 Å². The average molecular weight is 201 g/mol. The average Bonchev–Trinajstić information content (AvgIpc) is 2.54. The Kier molecular flexibility index (Phi) is 1.61. The van der Waals surface area contributed by atoms with Crippen LogP contribution in [0.1, 0.15) is 6.92 Å². The molecule has 1 aliphatic rings. The fourth-order valence-electron chi connectivity index (χ4n) is 1.96. The first-order valence-electron chi connectivity index (χ1n) is 4.86. The monoisotopic (exact) mass is 201 g/mol. The number of nitrogens with one attached hydrogen (secondary N) is 1. The summed E-state index contributed by atoms with van der Waals surface area (Å²) in [6.45, 7) is 1.96. The summed E-state index contributed by atoms with van der Waals surface area (Å²) in [5, 5.41) is 12.4. The lowest BCUT2D eigenvalue weighted by Gasteiger charge is -2.19. The third-order valence-corrected chi connectivity index (χ3v) is 2.59. The van der Waals surface area contributed by atoms with E-state index in [-0.39, 0.29) is 0 Å². The molecule has 3 rings (SSSR count). The summed E-state index contributed by atoms with van der Waals surface area (Å²) in [5.41, 5.74) is 2.98. The molecule has 1 aromatic heterocycles. The summed E-state index contributed by atoms with van der Waals surface area (Å²) < 4.78 is 2.00. The first kappa shape index (κ1) is 8.49. The highest BCUT2D eigenvalue weighted by molar-refractivity contribution is 5.83. The molecule has 4 nitrogen and oxygen atoms in total. The van der Waals surface area contributed by atoms with Crippen molar-refractivity contribution in [1.29, 1.82) is 0 Å². The number of allylic oxidation sites excluding steroid dienone is 1. The van der Waals surface area contributed by atoms with Crippen LogP contribution >= 0.6 is 0 Å². The molecule has 1 atom stereocenters. The van der Waals surface area contributed by atoms with E-state index in [2.05, 4.69) is 10.3 Å². The zero-order valence-corrected chi connectivity index (χ0v) is 8.31. The van der Waals surface area contributed by atoms with Gasteiger partial charge >= 0.3 is 0 Å². The summed E-state index contributed by atoms with van der Waals surface area (Å²) in [5.74, 6) is 0.698. The molecule has 4 heteroatoms. The number of nitrogens with zero attached hydrogens (tertiary/aromatic N) is 2. The van der Waals surface area contributed by atoms with Crippen LogP contribution in [0.2, 0.25) is 0 Å². The van der Waals surface area contributed by atoms with Crippen molar-refractivity contribution in [2.45, 2.75) is 13.2 Å². The number of hydrogen-bond acceptors (Lipinski definition) is 3. The van der Waals surface area contributed by atoms with Crippen LogP contribution in [0.25, 0.3) is 16.7 Å². The topological polar surface area (TPSA) is 50.1 Å².